The van der Waals surface area contributed by atoms with E-state index in [1.165, 1.54) is 0 Å². The molecular formula is C19H24ClN5O. The normalized spacial score (nSPS) is 17.3. The molecule has 0 bridgehead atoms. The summed E-state index contributed by atoms with van der Waals surface area (Å²) in [6.07, 6.45) is 0.429. The smallest absolute Gasteiger partial charge is 0.227 e. The topological polar surface area (TPSA) is 52.6 Å². The summed E-state index contributed by atoms with van der Waals surface area (Å²) in [5, 5.41) is 8.42. The van der Waals surface area contributed by atoms with Crippen LogP contribution in [0.3, 0.4) is 0 Å². The fourth-order valence-electron chi connectivity index (χ4n) is 3.20. The summed E-state index contributed by atoms with van der Waals surface area (Å²) in [5.41, 5.74) is 2.17. The average Bonchev–Trinajstić information content (AvgIpc) is 2.62. The number of nitrogens with zero attached hydrogens (tertiary/aromatic N) is 5. The summed E-state index contributed by atoms with van der Waals surface area (Å²) >= 11 is 5.80. The van der Waals surface area contributed by atoms with Crippen LogP contribution in [0.25, 0.3) is 0 Å². The first-order chi connectivity index (χ1) is 12.4. The molecule has 1 saturated heterocycles. The van der Waals surface area contributed by atoms with Crippen LogP contribution in [0.5, 0.6) is 0 Å². The Morgan fingerprint density at radius 2 is 1.88 bits per heavy atom. The number of benzene rings is 1. The lowest BCUT2D eigenvalue weighted by atomic mass is 10.1. The molecule has 1 aliphatic heterocycles. The Labute approximate surface area is 159 Å². The molecule has 0 N–H and O–H groups in total. The first kappa shape index (κ1) is 18.5. The second-order valence-corrected chi connectivity index (χ2v) is 7.22. The maximum Gasteiger partial charge on any atom is 0.227 e. The van der Waals surface area contributed by atoms with Gasteiger partial charge in [-0.15, -0.1) is 10.2 Å². The molecule has 0 aliphatic carbocycles. The number of hydrogen-bond acceptors (Lipinski definition) is 5. The van der Waals surface area contributed by atoms with Gasteiger partial charge in [0, 0.05) is 45.5 Å². The number of anilines is 2. The van der Waals surface area contributed by atoms with Crippen LogP contribution in [0, 0.1) is 0 Å². The van der Waals surface area contributed by atoms with Crippen LogP contribution in [-0.2, 0) is 11.2 Å². The highest BCUT2D eigenvalue weighted by atomic mass is 35.5. The predicted molar refractivity (Wildman–Crippen MR) is 105 cm³/mol. The van der Waals surface area contributed by atoms with E-state index in [1.54, 1.807) is 6.07 Å². The minimum absolute atomic E-state index is 0.120. The Hall–Kier alpha value is -2.34. The number of carbonyl (C=O) groups is 1. The summed E-state index contributed by atoms with van der Waals surface area (Å²) in [6.45, 7) is 4.23. The maximum absolute atomic E-state index is 12.7. The van der Waals surface area contributed by atoms with Crippen LogP contribution < -0.4 is 9.80 Å². The summed E-state index contributed by atoms with van der Waals surface area (Å²) in [6, 6.07) is 11.9. The molecule has 0 radical (unpaired) electrons. The van der Waals surface area contributed by atoms with Gasteiger partial charge in [-0.1, -0.05) is 23.7 Å². The molecule has 1 atom stereocenters. The standard InChI is InChI=1S/C19H24ClN5O/c1-14-13-24(18-9-8-17(20)21-22-18)10-11-25(14)19(26)12-15-4-6-16(7-5-15)23(2)3/h4-9,14H,10-13H2,1-3H3. The van der Waals surface area contributed by atoms with Gasteiger partial charge in [-0.3, -0.25) is 4.79 Å². The molecule has 7 heteroatoms. The molecule has 2 aromatic rings. The highest BCUT2D eigenvalue weighted by molar-refractivity contribution is 6.29. The molecule has 1 fully saturated rings. The van der Waals surface area contributed by atoms with E-state index < -0.39 is 0 Å². The van der Waals surface area contributed by atoms with Crippen molar-refractivity contribution in [2.75, 3.05) is 43.5 Å². The fraction of sp³-hybridized carbons (Fsp3) is 0.421. The van der Waals surface area contributed by atoms with Crippen LogP contribution in [0.15, 0.2) is 36.4 Å². The molecule has 1 aromatic carbocycles. The van der Waals surface area contributed by atoms with Gasteiger partial charge in [-0.25, -0.2) is 0 Å². The fourth-order valence-corrected chi connectivity index (χ4v) is 3.30. The second kappa shape index (κ2) is 7.91. The van der Waals surface area contributed by atoms with Gasteiger partial charge in [0.25, 0.3) is 0 Å². The van der Waals surface area contributed by atoms with Gasteiger partial charge in [0.15, 0.2) is 11.0 Å². The van der Waals surface area contributed by atoms with E-state index in [9.17, 15) is 4.79 Å². The van der Waals surface area contributed by atoms with Crippen LogP contribution in [-0.4, -0.2) is 60.8 Å². The molecule has 3 rings (SSSR count). The Morgan fingerprint density at radius 1 is 1.15 bits per heavy atom. The van der Waals surface area contributed by atoms with Crippen molar-refractivity contribution in [2.24, 2.45) is 0 Å². The van der Waals surface area contributed by atoms with Gasteiger partial charge in [0.2, 0.25) is 5.91 Å². The second-order valence-electron chi connectivity index (χ2n) is 6.83. The van der Waals surface area contributed by atoms with Crippen molar-refractivity contribution >= 4 is 29.0 Å². The van der Waals surface area contributed by atoms with Crippen molar-refractivity contribution < 1.29 is 4.79 Å². The van der Waals surface area contributed by atoms with Crippen LogP contribution in [0.4, 0.5) is 11.5 Å². The third kappa shape index (κ3) is 4.25. The van der Waals surface area contributed by atoms with Gasteiger partial charge in [-0.05, 0) is 36.8 Å². The van der Waals surface area contributed by atoms with Crippen molar-refractivity contribution in [1.82, 2.24) is 15.1 Å². The zero-order valence-corrected chi connectivity index (χ0v) is 16.1. The molecule has 1 aromatic heterocycles. The van der Waals surface area contributed by atoms with Crippen molar-refractivity contribution in [3.8, 4) is 0 Å². The lowest BCUT2D eigenvalue weighted by Gasteiger charge is -2.40. The zero-order chi connectivity index (χ0) is 18.7. The molecule has 0 spiro atoms. The Kier molecular flexibility index (Phi) is 5.61. The number of rotatable bonds is 4. The Morgan fingerprint density at radius 3 is 2.46 bits per heavy atom. The van der Waals surface area contributed by atoms with Gasteiger partial charge < -0.3 is 14.7 Å². The molecule has 1 aliphatic rings. The van der Waals surface area contributed by atoms with Crippen molar-refractivity contribution in [3.63, 3.8) is 0 Å². The molecular weight excluding hydrogens is 350 g/mol. The summed E-state index contributed by atoms with van der Waals surface area (Å²) in [7, 11) is 4.01. The lowest BCUT2D eigenvalue weighted by molar-refractivity contribution is -0.132. The van der Waals surface area contributed by atoms with Crippen molar-refractivity contribution in [3.05, 3.63) is 47.1 Å². The van der Waals surface area contributed by atoms with Crippen LogP contribution in [0.1, 0.15) is 12.5 Å². The monoisotopic (exact) mass is 373 g/mol. The first-order valence-electron chi connectivity index (χ1n) is 8.74. The van der Waals surface area contributed by atoms with Gasteiger partial charge in [-0.2, -0.15) is 0 Å². The highest BCUT2D eigenvalue weighted by Gasteiger charge is 2.28. The SMILES string of the molecule is CC1CN(c2ccc(Cl)nn2)CCN1C(=O)Cc1ccc(N(C)C)cc1. The number of aromatic nitrogens is 2. The van der Waals surface area contributed by atoms with E-state index in [2.05, 4.69) is 22.0 Å². The molecule has 2 heterocycles. The van der Waals surface area contributed by atoms with E-state index in [4.69, 9.17) is 11.6 Å². The van der Waals surface area contributed by atoms with Crippen LogP contribution >= 0.6 is 11.6 Å². The Bertz CT molecular complexity index is 748. The first-order valence-corrected chi connectivity index (χ1v) is 9.12. The minimum Gasteiger partial charge on any atom is -0.378 e. The lowest BCUT2D eigenvalue weighted by Crippen LogP contribution is -2.54. The number of piperazine rings is 1. The largest absolute Gasteiger partial charge is 0.378 e. The molecule has 26 heavy (non-hydrogen) atoms. The van der Waals surface area contributed by atoms with Gasteiger partial charge in [0.1, 0.15) is 0 Å². The van der Waals surface area contributed by atoms with E-state index in [0.29, 0.717) is 18.1 Å². The molecule has 138 valence electrons. The molecule has 6 nitrogen and oxygen atoms in total. The van der Waals surface area contributed by atoms with Gasteiger partial charge in [0.05, 0.1) is 6.42 Å². The summed E-state index contributed by atoms with van der Waals surface area (Å²) < 4.78 is 0. The molecule has 0 saturated carbocycles. The van der Waals surface area contributed by atoms with Crippen molar-refractivity contribution in [1.29, 1.82) is 0 Å². The number of amides is 1. The summed E-state index contributed by atoms with van der Waals surface area (Å²) in [4.78, 5) is 18.9. The quantitative estimate of drug-likeness (QED) is 0.824. The molecule has 1 amide bonds. The Balaban J connectivity index is 1.60. The third-order valence-corrected chi connectivity index (χ3v) is 4.90. The summed E-state index contributed by atoms with van der Waals surface area (Å²) in [5.74, 6) is 0.963. The third-order valence-electron chi connectivity index (χ3n) is 4.70. The van der Waals surface area contributed by atoms with E-state index in [0.717, 1.165) is 30.2 Å². The highest BCUT2D eigenvalue weighted by Crippen LogP contribution is 2.19. The minimum atomic E-state index is 0.120. The van der Waals surface area contributed by atoms with Crippen molar-refractivity contribution in [2.45, 2.75) is 19.4 Å². The number of carbonyl (C=O) groups excluding carboxylic acids is 1. The maximum atomic E-state index is 12.7. The number of hydrogen-bond donors (Lipinski definition) is 0. The van der Waals surface area contributed by atoms with E-state index >= 15 is 0 Å². The average molecular weight is 374 g/mol. The zero-order valence-electron chi connectivity index (χ0n) is 15.4. The molecule has 1 unspecified atom stereocenters. The van der Waals surface area contributed by atoms with Gasteiger partial charge >= 0.3 is 0 Å². The van der Waals surface area contributed by atoms with E-state index in [1.807, 2.05) is 54.2 Å². The van der Waals surface area contributed by atoms with E-state index in [-0.39, 0.29) is 11.9 Å². The predicted octanol–water partition coefficient (Wildman–Crippen LogP) is 2.48. The van der Waals surface area contributed by atoms with Crippen LogP contribution in [0.2, 0.25) is 5.15 Å². The number of halogens is 1.